The standard InChI is InChI=1S/C10H12Cl2N2.ClH/c11-8-3-1-2-7(10(8)12)9-6-13-4-5-14-9;/h1-3,9,13-14H,4-6H2;1H. The van der Waals surface area contributed by atoms with Gasteiger partial charge in [-0.25, -0.2) is 0 Å². The molecule has 0 spiro atoms. The van der Waals surface area contributed by atoms with E-state index in [1.165, 1.54) is 0 Å². The molecule has 1 atom stereocenters. The number of piperazine rings is 1. The highest BCUT2D eigenvalue weighted by molar-refractivity contribution is 6.42. The van der Waals surface area contributed by atoms with Gasteiger partial charge in [-0.2, -0.15) is 0 Å². The van der Waals surface area contributed by atoms with Gasteiger partial charge < -0.3 is 10.6 Å². The monoisotopic (exact) mass is 266 g/mol. The van der Waals surface area contributed by atoms with E-state index in [1.54, 1.807) is 0 Å². The summed E-state index contributed by atoms with van der Waals surface area (Å²) in [7, 11) is 0. The fourth-order valence-corrected chi connectivity index (χ4v) is 2.10. The molecule has 1 fully saturated rings. The van der Waals surface area contributed by atoms with Crippen molar-refractivity contribution in [3.63, 3.8) is 0 Å². The van der Waals surface area contributed by atoms with Crippen molar-refractivity contribution < 1.29 is 0 Å². The van der Waals surface area contributed by atoms with Crippen molar-refractivity contribution >= 4 is 35.6 Å². The molecule has 2 nitrogen and oxygen atoms in total. The molecule has 1 aromatic carbocycles. The second-order valence-electron chi connectivity index (χ2n) is 3.35. The van der Waals surface area contributed by atoms with Crippen molar-refractivity contribution in [2.45, 2.75) is 6.04 Å². The van der Waals surface area contributed by atoms with Gasteiger partial charge in [0.25, 0.3) is 0 Å². The number of nitrogens with one attached hydrogen (secondary N) is 2. The number of hydrogen-bond donors (Lipinski definition) is 2. The Morgan fingerprint density at radius 2 is 2.00 bits per heavy atom. The van der Waals surface area contributed by atoms with E-state index in [-0.39, 0.29) is 18.4 Å². The molecule has 1 aromatic rings. The minimum absolute atomic E-state index is 0. The molecule has 1 aliphatic heterocycles. The van der Waals surface area contributed by atoms with Crippen molar-refractivity contribution in [1.29, 1.82) is 0 Å². The predicted molar refractivity (Wildman–Crippen MR) is 67.3 cm³/mol. The van der Waals surface area contributed by atoms with Crippen LogP contribution >= 0.6 is 35.6 Å². The van der Waals surface area contributed by atoms with Crippen LogP contribution in [0.25, 0.3) is 0 Å². The molecule has 15 heavy (non-hydrogen) atoms. The molecular weight excluding hydrogens is 254 g/mol. The molecule has 1 saturated heterocycles. The van der Waals surface area contributed by atoms with Gasteiger partial charge in [-0.15, -0.1) is 12.4 Å². The van der Waals surface area contributed by atoms with E-state index >= 15 is 0 Å². The van der Waals surface area contributed by atoms with Gasteiger partial charge in [-0.1, -0.05) is 35.3 Å². The summed E-state index contributed by atoms with van der Waals surface area (Å²) in [4.78, 5) is 0. The zero-order valence-corrected chi connectivity index (χ0v) is 10.4. The zero-order valence-electron chi connectivity index (χ0n) is 8.09. The first-order valence-electron chi connectivity index (χ1n) is 4.67. The molecule has 5 heteroatoms. The molecule has 84 valence electrons. The summed E-state index contributed by atoms with van der Waals surface area (Å²) < 4.78 is 0. The minimum atomic E-state index is 0. The summed E-state index contributed by atoms with van der Waals surface area (Å²) in [5.41, 5.74) is 1.08. The summed E-state index contributed by atoms with van der Waals surface area (Å²) in [5.74, 6) is 0. The minimum Gasteiger partial charge on any atom is -0.314 e. The number of rotatable bonds is 1. The lowest BCUT2D eigenvalue weighted by atomic mass is 10.1. The molecule has 2 N–H and O–H groups in total. The lowest BCUT2D eigenvalue weighted by molar-refractivity contribution is 0.430. The fraction of sp³-hybridized carbons (Fsp3) is 0.400. The van der Waals surface area contributed by atoms with Gasteiger partial charge in [0.15, 0.2) is 0 Å². The second kappa shape index (κ2) is 5.92. The molecule has 1 heterocycles. The predicted octanol–water partition coefficient (Wildman–Crippen LogP) is 2.65. The van der Waals surface area contributed by atoms with Gasteiger partial charge in [-0.3, -0.25) is 0 Å². The third-order valence-electron chi connectivity index (χ3n) is 2.40. The van der Waals surface area contributed by atoms with Crippen molar-refractivity contribution in [1.82, 2.24) is 10.6 Å². The molecule has 0 bridgehead atoms. The highest BCUT2D eigenvalue weighted by Crippen LogP contribution is 2.29. The van der Waals surface area contributed by atoms with Crippen molar-refractivity contribution in [2.24, 2.45) is 0 Å². The first kappa shape index (κ1) is 13.1. The molecule has 1 unspecified atom stereocenters. The summed E-state index contributed by atoms with van der Waals surface area (Å²) in [6, 6.07) is 6.03. The van der Waals surface area contributed by atoms with Crippen molar-refractivity contribution in [3.8, 4) is 0 Å². The van der Waals surface area contributed by atoms with E-state index in [1.807, 2.05) is 18.2 Å². The Kier molecular flexibility index (Phi) is 5.16. The summed E-state index contributed by atoms with van der Waals surface area (Å²) >= 11 is 12.1. The van der Waals surface area contributed by atoms with Gasteiger partial charge >= 0.3 is 0 Å². The Morgan fingerprint density at radius 1 is 1.20 bits per heavy atom. The Hall–Kier alpha value is 0.01000. The van der Waals surface area contributed by atoms with Gasteiger partial charge in [0.05, 0.1) is 10.0 Å². The Balaban J connectivity index is 0.00000112. The highest BCUT2D eigenvalue weighted by atomic mass is 35.5. The quantitative estimate of drug-likeness (QED) is 0.817. The Labute approximate surface area is 106 Å². The topological polar surface area (TPSA) is 24.1 Å². The van der Waals surface area contributed by atoms with E-state index in [9.17, 15) is 0 Å². The average Bonchev–Trinajstić information content (AvgIpc) is 2.23. The SMILES string of the molecule is Cl.Clc1cccc(C2CNCCN2)c1Cl. The van der Waals surface area contributed by atoms with Crippen LogP contribution < -0.4 is 10.6 Å². The molecule has 1 aliphatic rings. The van der Waals surface area contributed by atoms with Gasteiger partial charge in [0, 0.05) is 25.7 Å². The average molecular weight is 268 g/mol. The van der Waals surface area contributed by atoms with Gasteiger partial charge in [0.2, 0.25) is 0 Å². The Bertz CT molecular complexity index is 324. The molecular formula is C10H13Cl3N2. The van der Waals surface area contributed by atoms with Gasteiger partial charge in [0.1, 0.15) is 0 Å². The van der Waals surface area contributed by atoms with Crippen LogP contribution in [-0.2, 0) is 0 Å². The maximum Gasteiger partial charge on any atom is 0.0640 e. The van der Waals surface area contributed by atoms with Crippen LogP contribution in [-0.4, -0.2) is 19.6 Å². The van der Waals surface area contributed by atoms with Gasteiger partial charge in [-0.05, 0) is 11.6 Å². The zero-order chi connectivity index (χ0) is 9.97. The summed E-state index contributed by atoms with van der Waals surface area (Å²) in [6.07, 6.45) is 0. The maximum absolute atomic E-state index is 6.13. The van der Waals surface area contributed by atoms with E-state index in [0.717, 1.165) is 25.2 Å². The summed E-state index contributed by atoms with van der Waals surface area (Å²) in [6.45, 7) is 2.88. The highest BCUT2D eigenvalue weighted by Gasteiger charge is 2.17. The van der Waals surface area contributed by atoms with E-state index < -0.39 is 0 Å². The lowest BCUT2D eigenvalue weighted by Crippen LogP contribution is -2.42. The third-order valence-corrected chi connectivity index (χ3v) is 3.23. The van der Waals surface area contributed by atoms with Crippen LogP contribution in [0.15, 0.2) is 18.2 Å². The summed E-state index contributed by atoms with van der Waals surface area (Å²) in [5, 5.41) is 8.00. The van der Waals surface area contributed by atoms with E-state index in [4.69, 9.17) is 23.2 Å². The second-order valence-corrected chi connectivity index (χ2v) is 4.14. The molecule has 0 amide bonds. The van der Waals surface area contributed by atoms with Crippen LogP contribution in [0.2, 0.25) is 10.0 Å². The number of halogens is 3. The smallest absolute Gasteiger partial charge is 0.0640 e. The van der Waals surface area contributed by atoms with Crippen LogP contribution in [0.1, 0.15) is 11.6 Å². The molecule has 2 rings (SSSR count). The first-order chi connectivity index (χ1) is 6.79. The number of benzene rings is 1. The normalized spacial score (nSPS) is 20.8. The first-order valence-corrected chi connectivity index (χ1v) is 5.42. The van der Waals surface area contributed by atoms with Crippen molar-refractivity contribution in [3.05, 3.63) is 33.8 Å². The van der Waals surface area contributed by atoms with Crippen LogP contribution in [0.3, 0.4) is 0 Å². The molecule has 0 saturated carbocycles. The fourth-order valence-electron chi connectivity index (χ4n) is 1.66. The number of hydrogen-bond acceptors (Lipinski definition) is 2. The van der Waals surface area contributed by atoms with E-state index in [2.05, 4.69) is 10.6 Å². The third kappa shape index (κ3) is 2.99. The molecule has 0 aromatic heterocycles. The van der Waals surface area contributed by atoms with Crippen LogP contribution in [0, 0.1) is 0 Å². The van der Waals surface area contributed by atoms with E-state index in [0.29, 0.717) is 10.0 Å². The molecule has 0 radical (unpaired) electrons. The Morgan fingerprint density at radius 3 is 2.67 bits per heavy atom. The van der Waals surface area contributed by atoms with Crippen LogP contribution in [0.5, 0.6) is 0 Å². The lowest BCUT2D eigenvalue weighted by Gasteiger charge is -2.25. The maximum atomic E-state index is 6.13. The van der Waals surface area contributed by atoms with Crippen molar-refractivity contribution in [2.75, 3.05) is 19.6 Å². The largest absolute Gasteiger partial charge is 0.314 e. The molecule has 0 aliphatic carbocycles. The van der Waals surface area contributed by atoms with Crippen LogP contribution in [0.4, 0.5) is 0 Å².